The summed E-state index contributed by atoms with van der Waals surface area (Å²) in [5, 5.41) is 6.73. The average molecular weight is 348 g/mol. The van der Waals surface area contributed by atoms with Gasteiger partial charge in [0.1, 0.15) is 17.4 Å². The molecule has 3 rings (SSSR count). The molecule has 2 N–H and O–H groups in total. The predicted octanol–water partition coefficient (Wildman–Crippen LogP) is 4.96. The summed E-state index contributed by atoms with van der Waals surface area (Å²) < 4.78 is 5.42. The van der Waals surface area contributed by atoms with Crippen molar-refractivity contribution in [3.05, 3.63) is 60.7 Å². The molecule has 26 heavy (non-hydrogen) atoms. The van der Waals surface area contributed by atoms with Gasteiger partial charge in [-0.2, -0.15) is 0 Å². The molecule has 0 saturated heterocycles. The first-order chi connectivity index (χ1) is 12.7. The Bertz CT molecular complexity index is 850. The van der Waals surface area contributed by atoms with Gasteiger partial charge >= 0.3 is 0 Å². The van der Waals surface area contributed by atoms with Crippen molar-refractivity contribution in [2.75, 3.05) is 24.3 Å². The van der Waals surface area contributed by atoms with Crippen molar-refractivity contribution < 1.29 is 4.74 Å². The second kappa shape index (κ2) is 8.34. The fourth-order valence-corrected chi connectivity index (χ4v) is 2.51. The number of hydrogen-bond acceptors (Lipinski definition) is 5. The Kier molecular flexibility index (Phi) is 5.69. The zero-order valence-corrected chi connectivity index (χ0v) is 15.4. The van der Waals surface area contributed by atoms with Crippen LogP contribution in [0.3, 0.4) is 0 Å². The van der Waals surface area contributed by atoms with Gasteiger partial charge in [-0.25, -0.2) is 9.97 Å². The molecule has 0 aliphatic carbocycles. The van der Waals surface area contributed by atoms with Gasteiger partial charge in [-0.15, -0.1) is 0 Å². The van der Waals surface area contributed by atoms with Gasteiger partial charge in [0.05, 0.1) is 12.8 Å². The van der Waals surface area contributed by atoms with Gasteiger partial charge in [-0.05, 0) is 18.1 Å². The first kappa shape index (κ1) is 17.7. The molecule has 0 aliphatic heterocycles. The topological polar surface area (TPSA) is 59.1 Å². The summed E-state index contributed by atoms with van der Waals surface area (Å²) in [5.74, 6) is 3.48. The lowest BCUT2D eigenvalue weighted by Gasteiger charge is -2.14. The molecule has 0 radical (unpaired) electrons. The third-order valence-electron chi connectivity index (χ3n) is 3.82. The van der Waals surface area contributed by atoms with Crippen molar-refractivity contribution >= 4 is 17.3 Å². The highest BCUT2D eigenvalue weighted by Crippen LogP contribution is 2.28. The standard InChI is InChI=1S/C21H24N4O/c1-15(2)14-22-19-13-20(23-17-11-7-8-12-18(17)26-3)25-21(24-19)16-9-5-4-6-10-16/h4-13,15H,14H2,1-3H3,(H2,22,23,24,25). The maximum absolute atomic E-state index is 5.42. The van der Waals surface area contributed by atoms with Crippen LogP contribution in [0.15, 0.2) is 60.7 Å². The molecule has 3 aromatic rings. The van der Waals surface area contributed by atoms with Crippen molar-refractivity contribution in [2.45, 2.75) is 13.8 Å². The molecule has 1 aromatic heterocycles. The summed E-state index contributed by atoms with van der Waals surface area (Å²) >= 11 is 0. The summed E-state index contributed by atoms with van der Waals surface area (Å²) in [6.45, 7) is 5.18. The Morgan fingerprint density at radius 1 is 0.923 bits per heavy atom. The van der Waals surface area contributed by atoms with Crippen molar-refractivity contribution in [1.82, 2.24) is 9.97 Å². The van der Waals surface area contributed by atoms with Crippen molar-refractivity contribution in [2.24, 2.45) is 5.92 Å². The lowest BCUT2D eigenvalue weighted by molar-refractivity contribution is 0.417. The van der Waals surface area contributed by atoms with Crippen molar-refractivity contribution in [3.63, 3.8) is 0 Å². The first-order valence-electron chi connectivity index (χ1n) is 8.74. The lowest BCUT2D eigenvalue weighted by atomic mass is 10.2. The molecule has 0 spiro atoms. The van der Waals surface area contributed by atoms with Crippen LogP contribution in [0.25, 0.3) is 11.4 Å². The number of anilines is 3. The number of aromatic nitrogens is 2. The predicted molar refractivity (Wildman–Crippen MR) is 107 cm³/mol. The smallest absolute Gasteiger partial charge is 0.163 e. The maximum Gasteiger partial charge on any atom is 0.163 e. The van der Waals surface area contributed by atoms with E-state index in [9.17, 15) is 0 Å². The SMILES string of the molecule is COc1ccccc1Nc1cc(NCC(C)C)nc(-c2ccccc2)n1. The zero-order chi connectivity index (χ0) is 18.4. The van der Waals surface area contributed by atoms with Gasteiger partial charge in [0.15, 0.2) is 5.82 Å². The second-order valence-corrected chi connectivity index (χ2v) is 6.43. The van der Waals surface area contributed by atoms with Crippen molar-refractivity contribution in [3.8, 4) is 17.1 Å². The number of ether oxygens (including phenoxy) is 1. The number of para-hydroxylation sites is 2. The highest BCUT2D eigenvalue weighted by molar-refractivity contribution is 5.68. The van der Waals surface area contributed by atoms with Crippen LogP contribution in [0, 0.1) is 5.92 Å². The van der Waals surface area contributed by atoms with Crippen LogP contribution < -0.4 is 15.4 Å². The summed E-state index contributed by atoms with van der Waals surface area (Å²) in [4.78, 5) is 9.35. The minimum absolute atomic E-state index is 0.524. The van der Waals surface area contributed by atoms with Crippen LogP contribution in [0.2, 0.25) is 0 Å². The van der Waals surface area contributed by atoms with E-state index in [0.717, 1.165) is 35.2 Å². The van der Waals surface area contributed by atoms with Gasteiger partial charge < -0.3 is 15.4 Å². The number of benzene rings is 2. The molecule has 0 amide bonds. The van der Waals surface area contributed by atoms with E-state index in [1.807, 2.05) is 60.7 Å². The monoisotopic (exact) mass is 348 g/mol. The fourth-order valence-electron chi connectivity index (χ4n) is 2.51. The zero-order valence-electron chi connectivity index (χ0n) is 15.4. The van der Waals surface area contributed by atoms with Crippen LogP contribution in [0.4, 0.5) is 17.3 Å². The Morgan fingerprint density at radius 2 is 1.62 bits per heavy atom. The third kappa shape index (κ3) is 4.51. The molecule has 2 aromatic carbocycles. The molecule has 134 valence electrons. The van der Waals surface area contributed by atoms with E-state index in [1.54, 1.807) is 7.11 Å². The fraction of sp³-hybridized carbons (Fsp3) is 0.238. The molecule has 5 nitrogen and oxygen atoms in total. The number of rotatable bonds is 7. The largest absolute Gasteiger partial charge is 0.495 e. The molecule has 1 heterocycles. The van der Waals surface area contributed by atoms with Crippen LogP contribution in [-0.4, -0.2) is 23.6 Å². The molecule has 5 heteroatoms. The van der Waals surface area contributed by atoms with E-state index < -0.39 is 0 Å². The molecule has 0 saturated carbocycles. The van der Waals surface area contributed by atoms with E-state index in [4.69, 9.17) is 4.74 Å². The van der Waals surface area contributed by atoms with Crippen LogP contribution in [0.5, 0.6) is 5.75 Å². The summed E-state index contributed by atoms with van der Waals surface area (Å²) in [7, 11) is 1.66. The Morgan fingerprint density at radius 3 is 2.35 bits per heavy atom. The third-order valence-corrected chi connectivity index (χ3v) is 3.82. The molecule has 0 atom stereocenters. The molecule has 0 fully saturated rings. The Hall–Kier alpha value is -3.08. The molecular weight excluding hydrogens is 324 g/mol. The van der Waals surface area contributed by atoms with E-state index in [0.29, 0.717) is 11.7 Å². The number of methoxy groups -OCH3 is 1. The minimum Gasteiger partial charge on any atom is -0.495 e. The molecule has 0 aliphatic rings. The van der Waals surface area contributed by atoms with Crippen LogP contribution in [0.1, 0.15) is 13.8 Å². The summed E-state index contributed by atoms with van der Waals surface area (Å²) in [5.41, 5.74) is 1.84. The van der Waals surface area contributed by atoms with Crippen LogP contribution >= 0.6 is 0 Å². The summed E-state index contributed by atoms with van der Waals surface area (Å²) in [6, 6.07) is 19.7. The minimum atomic E-state index is 0.524. The lowest BCUT2D eigenvalue weighted by Crippen LogP contribution is -2.10. The normalized spacial score (nSPS) is 10.6. The van der Waals surface area contributed by atoms with Crippen molar-refractivity contribution in [1.29, 1.82) is 0 Å². The van der Waals surface area contributed by atoms with Gasteiger partial charge in [0.25, 0.3) is 0 Å². The van der Waals surface area contributed by atoms with Gasteiger partial charge in [-0.3, -0.25) is 0 Å². The molecular formula is C21H24N4O. The highest BCUT2D eigenvalue weighted by atomic mass is 16.5. The van der Waals surface area contributed by atoms with Crippen LogP contribution in [-0.2, 0) is 0 Å². The van der Waals surface area contributed by atoms with Gasteiger partial charge in [0, 0.05) is 18.2 Å². The average Bonchev–Trinajstić information content (AvgIpc) is 2.67. The quantitative estimate of drug-likeness (QED) is 0.632. The van der Waals surface area contributed by atoms with Gasteiger partial charge in [-0.1, -0.05) is 56.3 Å². The molecule has 0 bridgehead atoms. The van der Waals surface area contributed by atoms with E-state index in [-0.39, 0.29) is 0 Å². The Balaban J connectivity index is 1.96. The van der Waals surface area contributed by atoms with Gasteiger partial charge in [0.2, 0.25) is 0 Å². The van der Waals surface area contributed by atoms with E-state index in [2.05, 4.69) is 34.4 Å². The first-order valence-corrected chi connectivity index (χ1v) is 8.74. The number of nitrogens with zero attached hydrogens (tertiary/aromatic N) is 2. The maximum atomic E-state index is 5.42. The Labute approximate surface area is 154 Å². The second-order valence-electron chi connectivity index (χ2n) is 6.43. The number of nitrogens with one attached hydrogen (secondary N) is 2. The summed E-state index contributed by atoms with van der Waals surface area (Å²) in [6.07, 6.45) is 0. The van der Waals surface area contributed by atoms with E-state index >= 15 is 0 Å². The highest BCUT2D eigenvalue weighted by Gasteiger charge is 2.09. The van der Waals surface area contributed by atoms with E-state index in [1.165, 1.54) is 0 Å². The molecule has 0 unspecified atom stereocenters. The number of hydrogen-bond donors (Lipinski definition) is 2.